The fraction of sp³-hybridized carbons (Fsp3) is 0.571. The number of aromatic nitrogens is 3. The maximum Gasteiger partial charge on any atom is 0.252 e. The molecule has 2 heterocycles. The van der Waals surface area contributed by atoms with E-state index in [9.17, 15) is 4.79 Å². The van der Waals surface area contributed by atoms with Gasteiger partial charge >= 0.3 is 0 Å². The third-order valence-electron chi connectivity index (χ3n) is 2.27. The van der Waals surface area contributed by atoms with Crippen LogP contribution in [0.4, 0.5) is 11.9 Å². The minimum atomic E-state index is -0.000509. The van der Waals surface area contributed by atoms with Gasteiger partial charge in [-0.05, 0) is 12.5 Å². The summed E-state index contributed by atoms with van der Waals surface area (Å²) < 4.78 is 0. The van der Waals surface area contributed by atoms with E-state index in [0.29, 0.717) is 25.5 Å². The number of nitrogens with one attached hydrogen (secondary N) is 1. The van der Waals surface area contributed by atoms with E-state index in [0.717, 1.165) is 0 Å². The smallest absolute Gasteiger partial charge is 0.252 e. The monoisotopic (exact) mass is 196 g/mol. The van der Waals surface area contributed by atoms with Crippen molar-refractivity contribution >= 4 is 17.8 Å². The summed E-state index contributed by atoms with van der Waals surface area (Å²) in [4.78, 5) is 16.9. The van der Waals surface area contributed by atoms with Gasteiger partial charge in [-0.15, -0.1) is 5.10 Å². The Kier molecular flexibility index (Phi) is 2.08. The number of anilines is 2. The predicted molar refractivity (Wildman–Crippen MR) is 50.3 cm³/mol. The van der Waals surface area contributed by atoms with Crippen molar-refractivity contribution in [2.45, 2.75) is 6.42 Å². The maximum atomic E-state index is 11.5. The number of carbonyl (C=O) groups excluding carboxylic acids is 1. The highest BCUT2D eigenvalue weighted by Crippen LogP contribution is 2.21. The number of hydrogen-bond acceptors (Lipinski definition) is 5. The van der Waals surface area contributed by atoms with E-state index in [2.05, 4.69) is 15.2 Å². The molecule has 1 aromatic heterocycles. The third kappa shape index (κ3) is 1.41. The molecule has 1 atom stereocenters. The Morgan fingerprint density at radius 2 is 2.43 bits per heavy atom. The highest BCUT2D eigenvalue weighted by atomic mass is 16.2. The Bertz CT molecular complexity index is 348. The van der Waals surface area contributed by atoms with Gasteiger partial charge in [-0.25, -0.2) is 5.10 Å². The Hall–Kier alpha value is -1.63. The van der Waals surface area contributed by atoms with Crippen LogP contribution >= 0.6 is 0 Å². The summed E-state index contributed by atoms with van der Waals surface area (Å²) in [6.07, 6.45) is 0.463. The molecule has 1 aromatic rings. The minimum absolute atomic E-state index is 0.000509. The SMILES string of the molecule is NCC1CC(=O)N(c2n[nH]c(N)n2)C1. The second-order valence-electron chi connectivity index (χ2n) is 3.33. The van der Waals surface area contributed by atoms with Crippen LogP contribution in [0.3, 0.4) is 0 Å². The van der Waals surface area contributed by atoms with E-state index in [1.54, 1.807) is 0 Å². The molecule has 76 valence electrons. The second kappa shape index (κ2) is 3.26. The Morgan fingerprint density at radius 1 is 1.64 bits per heavy atom. The van der Waals surface area contributed by atoms with Gasteiger partial charge in [0.25, 0.3) is 5.95 Å². The van der Waals surface area contributed by atoms with Crippen molar-refractivity contribution in [3.63, 3.8) is 0 Å². The van der Waals surface area contributed by atoms with Crippen LogP contribution in [-0.4, -0.2) is 34.2 Å². The maximum absolute atomic E-state index is 11.5. The summed E-state index contributed by atoms with van der Waals surface area (Å²) in [5.74, 6) is 0.745. The van der Waals surface area contributed by atoms with Crippen LogP contribution in [0.25, 0.3) is 0 Å². The van der Waals surface area contributed by atoms with Crippen LogP contribution in [0, 0.1) is 5.92 Å². The Balaban J connectivity index is 2.16. The van der Waals surface area contributed by atoms with Crippen molar-refractivity contribution < 1.29 is 4.79 Å². The molecule has 2 rings (SSSR count). The third-order valence-corrected chi connectivity index (χ3v) is 2.27. The van der Waals surface area contributed by atoms with E-state index >= 15 is 0 Å². The van der Waals surface area contributed by atoms with Crippen molar-refractivity contribution in [2.75, 3.05) is 23.7 Å². The number of rotatable bonds is 2. The van der Waals surface area contributed by atoms with E-state index in [1.807, 2.05) is 0 Å². The van der Waals surface area contributed by atoms with Crippen LogP contribution in [-0.2, 0) is 4.79 Å². The lowest BCUT2D eigenvalue weighted by molar-refractivity contribution is -0.117. The molecule has 5 N–H and O–H groups in total. The van der Waals surface area contributed by atoms with Gasteiger partial charge in [-0.3, -0.25) is 9.69 Å². The first-order valence-electron chi connectivity index (χ1n) is 4.39. The number of nitrogens with two attached hydrogens (primary N) is 2. The zero-order chi connectivity index (χ0) is 10.1. The fourth-order valence-electron chi connectivity index (χ4n) is 1.52. The van der Waals surface area contributed by atoms with Crippen molar-refractivity contribution in [1.29, 1.82) is 0 Å². The van der Waals surface area contributed by atoms with Gasteiger partial charge in [0.1, 0.15) is 0 Å². The fourth-order valence-corrected chi connectivity index (χ4v) is 1.52. The van der Waals surface area contributed by atoms with Gasteiger partial charge in [0.15, 0.2) is 0 Å². The van der Waals surface area contributed by atoms with E-state index in [1.165, 1.54) is 4.90 Å². The van der Waals surface area contributed by atoms with Crippen LogP contribution < -0.4 is 16.4 Å². The highest BCUT2D eigenvalue weighted by Gasteiger charge is 2.31. The average molecular weight is 196 g/mol. The van der Waals surface area contributed by atoms with Crippen LogP contribution in [0.2, 0.25) is 0 Å². The zero-order valence-corrected chi connectivity index (χ0v) is 7.60. The molecular formula is C7H12N6O. The van der Waals surface area contributed by atoms with Crippen LogP contribution in [0.5, 0.6) is 0 Å². The molecule has 0 spiro atoms. The second-order valence-corrected chi connectivity index (χ2v) is 3.33. The van der Waals surface area contributed by atoms with Gasteiger partial charge in [0.05, 0.1) is 0 Å². The molecule has 0 saturated carbocycles. The molecule has 1 aliphatic rings. The number of amides is 1. The summed E-state index contributed by atoms with van der Waals surface area (Å²) in [5, 5.41) is 6.31. The minimum Gasteiger partial charge on any atom is -0.368 e. The molecule has 7 heteroatoms. The molecule has 1 saturated heterocycles. The number of nitrogens with zero attached hydrogens (tertiary/aromatic N) is 3. The molecule has 1 amide bonds. The lowest BCUT2D eigenvalue weighted by Crippen LogP contribution is -2.26. The van der Waals surface area contributed by atoms with E-state index in [-0.39, 0.29) is 17.8 Å². The quantitative estimate of drug-likeness (QED) is 0.544. The van der Waals surface area contributed by atoms with Gasteiger partial charge in [-0.1, -0.05) is 0 Å². The van der Waals surface area contributed by atoms with E-state index < -0.39 is 0 Å². The first-order valence-corrected chi connectivity index (χ1v) is 4.39. The predicted octanol–water partition coefficient (Wildman–Crippen LogP) is -1.30. The lowest BCUT2D eigenvalue weighted by atomic mass is 10.1. The number of aromatic amines is 1. The molecule has 0 aromatic carbocycles. The summed E-state index contributed by atoms with van der Waals surface area (Å²) in [6.45, 7) is 1.08. The van der Waals surface area contributed by atoms with E-state index in [4.69, 9.17) is 11.5 Å². The lowest BCUT2D eigenvalue weighted by Gasteiger charge is -2.10. The van der Waals surface area contributed by atoms with Crippen molar-refractivity contribution in [2.24, 2.45) is 11.7 Å². The topological polar surface area (TPSA) is 114 Å². The highest BCUT2D eigenvalue weighted by molar-refractivity contribution is 5.94. The molecule has 1 aliphatic heterocycles. The van der Waals surface area contributed by atoms with Crippen molar-refractivity contribution in [3.05, 3.63) is 0 Å². The van der Waals surface area contributed by atoms with Gasteiger partial charge in [0.2, 0.25) is 11.9 Å². The molecule has 1 unspecified atom stereocenters. The number of nitrogen functional groups attached to an aromatic ring is 1. The molecule has 0 aliphatic carbocycles. The molecule has 7 nitrogen and oxygen atoms in total. The first-order chi connectivity index (χ1) is 6.70. The van der Waals surface area contributed by atoms with Crippen molar-refractivity contribution in [1.82, 2.24) is 15.2 Å². The average Bonchev–Trinajstić information content (AvgIpc) is 2.71. The summed E-state index contributed by atoms with van der Waals surface area (Å²) >= 11 is 0. The summed E-state index contributed by atoms with van der Waals surface area (Å²) in [6, 6.07) is 0. The normalized spacial score (nSPS) is 21.9. The zero-order valence-electron chi connectivity index (χ0n) is 7.60. The first kappa shape index (κ1) is 8.95. The molecule has 0 radical (unpaired) electrons. The van der Waals surface area contributed by atoms with Crippen LogP contribution in [0.1, 0.15) is 6.42 Å². The van der Waals surface area contributed by atoms with Gasteiger partial charge in [-0.2, -0.15) is 4.98 Å². The number of hydrogen-bond donors (Lipinski definition) is 3. The molecule has 1 fully saturated rings. The summed E-state index contributed by atoms with van der Waals surface area (Å²) in [7, 11) is 0. The molecular weight excluding hydrogens is 184 g/mol. The Morgan fingerprint density at radius 3 is 2.93 bits per heavy atom. The van der Waals surface area contributed by atoms with Gasteiger partial charge < -0.3 is 11.5 Å². The summed E-state index contributed by atoms with van der Waals surface area (Å²) in [5.41, 5.74) is 10.9. The standard InChI is InChI=1S/C7H12N6O/c8-2-4-1-5(14)13(3-4)7-10-6(9)11-12-7/h4H,1-3,8H2,(H3,9,10,11,12). The number of H-pyrrole nitrogens is 1. The van der Waals surface area contributed by atoms with Crippen molar-refractivity contribution in [3.8, 4) is 0 Å². The van der Waals surface area contributed by atoms with Gasteiger partial charge in [0, 0.05) is 13.0 Å². The number of carbonyl (C=O) groups is 1. The molecule has 0 bridgehead atoms. The van der Waals surface area contributed by atoms with Crippen LogP contribution in [0.15, 0.2) is 0 Å². The molecule has 14 heavy (non-hydrogen) atoms. The largest absolute Gasteiger partial charge is 0.368 e. The Labute approximate surface area is 80.5 Å².